The Labute approximate surface area is 104 Å². The van der Waals surface area contributed by atoms with Gasteiger partial charge in [-0.05, 0) is 50.4 Å². The van der Waals surface area contributed by atoms with Gasteiger partial charge in [-0.2, -0.15) is 8.42 Å². The number of fused-ring (bicyclic) bond motifs is 1. The molecule has 5 nitrogen and oxygen atoms in total. The van der Waals surface area contributed by atoms with Crippen LogP contribution in [0.25, 0.3) is 0 Å². The van der Waals surface area contributed by atoms with Gasteiger partial charge in [-0.15, -0.1) is 0 Å². The lowest BCUT2D eigenvalue weighted by atomic mass is 9.70. The van der Waals surface area contributed by atoms with Crippen LogP contribution in [0.2, 0.25) is 0 Å². The molecule has 0 aliphatic heterocycles. The molecule has 1 N–H and O–H groups in total. The molecule has 0 aromatic rings. The lowest BCUT2D eigenvalue weighted by Gasteiger charge is -2.41. The summed E-state index contributed by atoms with van der Waals surface area (Å²) in [5.74, 6) is 0.570. The van der Waals surface area contributed by atoms with Crippen LogP contribution in [0.15, 0.2) is 0 Å². The summed E-state index contributed by atoms with van der Waals surface area (Å²) in [6.07, 6.45) is 3.69. The van der Waals surface area contributed by atoms with Crippen LogP contribution in [-0.4, -0.2) is 32.2 Å². The fourth-order valence-electron chi connectivity index (χ4n) is 3.25. The van der Waals surface area contributed by atoms with E-state index in [9.17, 15) is 17.2 Å². The maximum Gasteiger partial charge on any atom is 0.267 e. The van der Waals surface area contributed by atoms with Crippen molar-refractivity contribution in [3.63, 3.8) is 0 Å². The van der Waals surface area contributed by atoms with Gasteiger partial charge in [0.2, 0.25) is 0 Å². The van der Waals surface area contributed by atoms with Gasteiger partial charge in [-0.1, -0.05) is 11.1 Å². The van der Waals surface area contributed by atoms with Crippen molar-refractivity contribution in [3.8, 4) is 0 Å². The van der Waals surface area contributed by atoms with Crippen molar-refractivity contribution in [2.24, 2.45) is 11.8 Å². The number of hydrogen-bond donors (Lipinski definition) is 1. The van der Waals surface area contributed by atoms with E-state index in [1.165, 1.54) is 0 Å². The average molecular weight is 281 g/mol. The highest BCUT2D eigenvalue weighted by Gasteiger charge is 2.39. The summed E-state index contributed by atoms with van der Waals surface area (Å²) in [4.78, 5) is 0. The third kappa shape index (κ3) is 3.07. The molecule has 7 heteroatoms. The molecule has 17 heavy (non-hydrogen) atoms. The van der Waals surface area contributed by atoms with Gasteiger partial charge in [0.1, 0.15) is 0 Å². The Kier molecular flexibility index (Phi) is 3.92. The molecule has 0 bridgehead atoms. The molecule has 0 heterocycles. The predicted octanol–water partition coefficient (Wildman–Crippen LogP) is 1.09. The minimum Gasteiger partial charge on any atom is -0.772 e. The second-order valence-electron chi connectivity index (χ2n) is 5.17. The normalized spacial score (nSPS) is 40.6. The van der Waals surface area contributed by atoms with Gasteiger partial charge in [-0.3, -0.25) is 8.76 Å². The lowest BCUT2D eigenvalue weighted by Crippen LogP contribution is -2.38. The van der Waals surface area contributed by atoms with Crippen LogP contribution in [0.3, 0.4) is 0 Å². The molecule has 5 unspecified atom stereocenters. The molecule has 100 valence electrons. The van der Waals surface area contributed by atoms with Crippen molar-refractivity contribution in [1.29, 1.82) is 0 Å². The molecular formula is C10H17O5S2-. The fraction of sp³-hybridized carbons (Fsp3) is 1.00. The minimum atomic E-state index is -3.93. The van der Waals surface area contributed by atoms with Crippen LogP contribution in [0.5, 0.6) is 0 Å². The van der Waals surface area contributed by atoms with Gasteiger partial charge >= 0.3 is 0 Å². The summed E-state index contributed by atoms with van der Waals surface area (Å²) in [7, 11) is -3.93. The summed E-state index contributed by atoms with van der Waals surface area (Å²) < 4.78 is 53.1. The zero-order chi connectivity index (χ0) is 12.6. The van der Waals surface area contributed by atoms with E-state index in [1.54, 1.807) is 0 Å². The summed E-state index contributed by atoms with van der Waals surface area (Å²) in [5, 5.41) is -0.906. The van der Waals surface area contributed by atoms with E-state index in [0.717, 1.165) is 6.42 Å². The molecule has 2 aliphatic carbocycles. The first-order valence-electron chi connectivity index (χ1n) is 5.92. The first-order chi connectivity index (χ1) is 7.88. The molecule has 0 saturated heterocycles. The van der Waals surface area contributed by atoms with Gasteiger partial charge in [0.15, 0.2) is 0 Å². The van der Waals surface area contributed by atoms with Gasteiger partial charge < -0.3 is 4.55 Å². The molecule has 0 spiro atoms. The Morgan fingerprint density at radius 1 is 1.06 bits per heavy atom. The van der Waals surface area contributed by atoms with E-state index >= 15 is 0 Å². The first kappa shape index (κ1) is 13.5. The summed E-state index contributed by atoms with van der Waals surface area (Å²) in [6, 6.07) is 0. The molecule has 0 aromatic heterocycles. The predicted molar refractivity (Wildman–Crippen MR) is 62.7 cm³/mol. The SMILES string of the molecule is O=S([O-])C1CCC2CC(S(=O)(=O)O)CCC2C1. The third-order valence-corrected chi connectivity index (χ3v) is 6.45. The molecular weight excluding hydrogens is 264 g/mol. The summed E-state index contributed by atoms with van der Waals surface area (Å²) in [6.45, 7) is 0. The van der Waals surface area contributed by atoms with Gasteiger partial charge in [-0.25, -0.2) is 0 Å². The fourth-order valence-corrected chi connectivity index (χ4v) is 4.91. The molecule has 2 saturated carbocycles. The largest absolute Gasteiger partial charge is 0.772 e. The second-order valence-corrected chi connectivity index (χ2v) is 8.05. The van der Waals surface area contributed by atoms with E-state index in [1.807, 2.05) is 0 Å². The van der Waals surface area contributed by atoms with Gasteiger partial charge in [0.05, 0.1) is 5.25 Å². The van der Waals surface area contributed by atoms with Crippen molar-refractivity contribution in [2.75, 3.05) is 0 Å². The van der Waals surface area contributed by atoms with Crippen molar-refractivity contribution in [1.82, 2.24) is 0 Å². The van der Waals surface area contributed by atoms with E-state index in [0.29, 0.717) is 38.0 Å². The van der Waals surface area contributed by atoms with Crippen LogP contribution < -0.4 is 0 Å². The Bertz CT molecular complexity index is 405. The smallest absolute Gasteiger partial charge is 0.267 e. The van der Waals surface area contributed by atoms with E-state index in [-0.39, 0.29) is 11.2 Å². The lowest BCUT2D eigenvalue weighted by molar-refractivity contribution is 0.171. The molecule has 2 rings (SSSR count). The van der Waals surface area contributed by atoms with Crippen molar-refractivity contribution >= 4 is 21.2 Å². The van der Waals surface area contributed by atoms with Crippen LogP contribution >= 0.6 is 0 Å². The van der Waals surface area contributed by atoms with Crippen molar-refractivity contribution in [3.05, 3.63) is 0 Å². The standard InChI is InChI=1S/C10H18O5S2/c11-16(12)9-3-1-8-6-10(17(13,14)15)4-2-7(8)5-9/h7-10H,1-6H2,(H,11,12)(H,13,14,15)/p-1. The Balaban J connectivity index is 2.00. The maximum absolute atomic E-state index is 11.1. The summed E-state index contributed by atoms with van der Waals surface area (Å²) in [5.41, 5.74) is 0. The molecule has 0 aromatic carbocycles. The van der Waals surface area contributed by atoms with E-state index in [4.69, 9.17) is 4.55 Å². The van der Waals surface area contributed by atoms with Gasteiger partial charge in [0, 0.05) is 5.25 Å². The van der Waals surface area contributed by atoms with Crippen LogP contribution in [-0.2, 0) is 21.2 Å². The number of rotatable bonds is 2. The average Bonchev–Trinajstić information content (AvgIpc) is 2.26. The maximum atomic E-state index is 11.1. The molecule has 2 fully saturated rings. The molecule has 0 radical (unpaired) electrons. The van der Waals surface area contributed by atoms with E-state index < -0.39 is 26.4 Å². The topological polar surface area (TPSA) is 94.5 Å². The van der Waals surface area contributed by atoms with Crippen molar-refractivity contribution < 1.29 is 21.7 Å². The Morgan fingerprint density at radius 2 is 1.65 bits per heavy atom. The zero-order valence-corrected chi connectivity index (χ0v) is 11.1. The van der Waals surface area contributed by atoms with Crippen LogP contribution in [0, 0.1) is 11.8 Å². The zero-order valence-electron chi connectivity index (χ0n) is 9.45. The quantitative estimate of drug-likeness (QED) is 0.604. The first-order valence-corrected chi connectivity index (χ1v) is 8.56. The monoisotopic (exact) mass is 281 g/mol. The Hall–Kier alpha value is 0.0200. The highest BCUT2D eigenvalue weighted by Crippen LogP contribution is 2.43. The molecule has 0 amide bonds. The minimum absolute atomic E-state index is 0.260. The van der Waals surface area contributed by atoms with Crippen molar-refractivity contribution in [2.45, 2.75) is 49.0 Å². The van der Waals surface area contributed by atoms with Gasteiger partial charge in [0.25, 0.3) is 10.1 Å². The third-order valence-electron chi connectivity index (χ3n) is 4.21. The van der Waals surface area contributed by atoms with Crippen LogP contribution in [0.4, 0.5) is 0 Å². The van der Waals surface area contributed by atoms with Crippen LogP contribution in [0.1, 0.15) is 38.5 Å². The highest BCUT2D eigenvalue weighted by atomic mass is 32.2. The summed E-state index contributed by atoms with van der Waals surface area (Å²) >= 11 is -2.01. The highest BCUT2D eigenvalue weighted by molar-refractivity contribution is 7.86. The number of hydrogen-bond acceptors (Lipinski definition) is 4. The molecule has 2 aliphatic rings. The Morgan fingerprint density at radius 3 is 2.24 bits per heavy atom. The van der Waals surface area contributed by atoms with E-state index in [2.05, 4.69) is 0 Å². The second kappa shape index (κ2) is 4.95. The molecule has 5 atom stereocenters.